The van der Waals surface area contributed by atoms with Crippen LogP contribution in [-0.2, 0) is 20.7 Å². The second-order valence-electron chi connectivity index (χ2n) is 6.68. The Morgan fingerprint density at radius 3 is 2.46 bits per heavy atom. The van der Waals surface area contributed by atoms with E-state index in [4.69, 9.17) is 4.74 Å². The molecule has 8 heteroatoms. The zero-order valence-electron chi connectivity index (χ0n) is 16.4. The van der Waals surface area contributed by atoms with E-state index in [1.807, 2.05) is 32.9 Å². The van der Waals surface area contributed by atoms with Crippen molar-refractivity contribution in [2.45, 2.75) is 40.2 Å². The number of anilines is 1. The number of aryl methyl sites for hydroxylation is 1. The molecular weight excluding hydrogens is 378 g/mol. The minimum absolute atomic E-state index is 0.0536. The maximum Gasteiger partial charge on any atom is 0.311 e. The summed E-state index contributed by atoms with van der Waals surface area (Å²) in [7, 11) is 0. The Hall–Kier alpha value is -2.74. The topological polar surface area (TPSA) is 97.4 Å². The standard InChI is InChI=1S/C20H25N3O4S/c1-5-27-16(24)10-15-11-28-20(21-15)23-19(26)17(12(2)3)22-18(25)14-8-6-13(4)7-9-14/h6-9,11-12,17H,5,10H2,1-4H3,(H,22,25)(H,21,23,26)/t17-/m0/s1. The van der Waals surface area contributed by atoms with E-state index in [9.17, 15) is 14.4 Å². The number of benzene rings is 1. The third-order valence-corrected chi connectivity index (χ3v) is 4.77. The van der Waals surface area contributed by atoms with Gasteiger partial charge < -0.3 is 15.4 Å². The predicted molar refractivity (Wildman–Crippen MR) is 108 cm³/mol. The highest BCUT2D eigenvalue weighted by Crippen LogP contribution is 2.17. The first-order valence-corrected chi connectivity index (χ1v) is 9.96. The van der Waals surface area contributed by atoms with Gasteiger partial charge in [-0.15, -0.1) is 11.3 Å². The van der Waals surface area contributed by atoms with Gasteiger partial charge in [-0.05, 0) is 31.9 Å². The Labute approximate surface area is 168 Å². The van der Waals surface area contributed by atoms with E-state index in [0.29, 0.717) is 23.0 Å². The third-order valence-electron chi connectivity index (χ3n) is 3.96. The summed E-state index contributed by atoms with van der Waals surface area (Å²) in [6, 6.07) is 6.43. The molecule has 150 valence electrons. The molecule has 0 saturated heterocycles. The second-order valence-corrected chi connectivity index (χ2v) is 7.53. The van der Waals surface area contributed by atoms with E-state index >= 15 is 0 Å². The number of hydrogen-bond acceptors (Lipinski definition) is 6. The molecular formula is C20H25N3O4S. The lowest BCUT2D eigenvalue weighted by Crippen LogP contribution is -2.47. The average molecular weight is 404 g/mol. The Morgan fingerprint density at radius 2 is 1.86 bits per heavy atom. The number of nitrogens with zero attached hydrogens (tertiary/aromatic N) is 1. The number of thiazole rings is 1. The number of nitrogens with one attached hydrogen (secondary N) is 2. The molecule has 2 rings (SSSR count). The molecule has 28 heavy (non-hydrogen) atoms. The van der Waals surface area contributed by atoms with Crippen LogP contribution >= 0.6 is 11.3 Å². The molecule has 0 aliphatic heterocycles. The second kappa shape index (κ2) is 9.98. The van der Waals surface area contributed by atoms with Gasteiger partial charge in [-0.1, -0.05) is 31.5 Å². The number of carbonyl (C=O) groups excluding carboxylic acids is 3. The van der Waals surface area contributed by atoms with Crippen LogP contribution in [0.15, 0.2) is 29.6 Å². The molecule has 0 radical (unpaired) electrons. The number of ether oxygens (including phenoxy) is 1. The van der Waals surface area contributed by atoms with Gasteiger partial charge in [0.15, 0.2) is 5.13 Å². The van der Waals surface area contributed by atoms with Crippen LogP contribution in [0.1, 0.15) is 42.4 Å². The van der Waals surface area contributed by atoms with Gasteiger partial charge in [0, 0.05) is 10.9 Å². The predicted octanol–water partition coefficient (Wildman–Crippen LogP) is 2.95. The van der Waals surface area contributed by atoms with Crippen LogP contribution in [0.3, 0.4) is 0 Å². The number of esters is 1. The van der Waals surface area contributed by atoms with Crippen LogP contribution in [0.25, 0.3) is 0 Å². The Balaban J connectivity index is 2.01. The molecule has 0 spiro atoms. The summed E-state index contributed by atoms with van der Waals surface area (Å²) in [4.78, 5) is 40.9. The van der Waals surface area contributed by atoms with Crippen molar-refractivity contribution in [2.75, 3.05) is 11.9 Å². The van der Waals surface area contributed by atoms with Crippen LogP contribution in [-0.4, -0.2) is 35.4 Å². The molecule has 0 aliphatic rings. The molecule has 0 aliphatic carbocycles. The van der Waals surface area contributed by atoms with Crippen molar-refractivity contribution < 1.29 is 19.1 Å². The van der Waals surface area contributed by atoms with Gasteiger partial charge in [0.1, 0.15) is 6.04 Å². The van der Waals surface area contributed by atoms with Crippen LogP contribution in [0.2, 0.25) is 0 Å². The van der Waals surface area contributed by atoms with Crippen molar-refractivity contribution in [1.82, 2.24) is 10.3 Å². The van der Waals surface area contributed by atoms with Crippen LogP contribution in [0, 0.1) is 12.8 Å². The number of amides is 2. The molecule has 7 nitrogen and oxygen atoms in total. The monoisotopic (exact) mass is 403 g/mol. The van der Waals surface area contributed by atoms with E-state index in [0.717, 1.165) is 5.56 Å². The van der Waals surface area contributed by atoms with Crippen LogP contribution in [0.4, 0.5) is 5.13 Å². The lowest BCUT2D eigenvalue weighted by atomic mass is 10.0. The zero-order valence-corrected chi connectivity index (χ0v) is 17.3. The van der Waals surface area contributed by atoms with Crippen molar-refractivity contribution in [3.63, 3.8) is 0 Å². The largest absolute Gasteiger partial charge is 0.466 e. The van der Waals surface area contributed by atoms with E-state index in [-0.39, 0.29) is 30.1 Å². The maximum absolute atomic E-state index is 12.7. The summed E-state index contributed by atoms with van der Waals surface area (Å²) in [5, 5.41) is 7.57. The molecule has 1 heterocycles. The van der Waals surface area contributed by atoms with Crippen molar-refractivity contribution in [1.29, 1.82) is 0 Å². The highest BCUT2D eigenvalue weighted by Gasteiger charge is 2.25. The number of aromatic nitrogens is 1. The maximum atomic E-state index is 12.7. The Kier molecular flexibility index (Phi) is 7.69. The molecule has 2 N–H and O–H groups in total. The summed E-state index contributed by atoms with van der Waals surface area (Å²) in [6.45, 7) is 7.70. The van der Waals surface area contributed by atoms with Gasteiger partial charge >= 0.3 is 5.97 Å². The highest BCUT2D eigenvalue weighted by atomic mass is 32.1. The Bertz CT molecular complexity index is 830. The zero-order chi connectivity index (χ0) is 20.7. The molecule has 1 atom stereocenters. The number of carbonyl (C=O) groups is 3. The van der Waals surface area contributed by atoms with Gasteiger partial charge in [0.2, 0.25) is 5.91 Å². The molecule has 1 aromatic carbocycles. The SMILES string of the molecule is CCOC(=O)Cc1csc(NC(=O)[C@@H](NC(=O)c2ccc(C)cc2)C(C)C)n1. The van der Waals surface area contributed by atoms with Crippen molar-refractivity contribution in [3.8, 4) is 0 Å². The Morgan fingerprint density at radius 1 is 1.18 bits per heavy atom. The van der Waals surface area contributed by atoms with Crippen molar-refractivity contribution in [2.24, 2.45) is 5.92 Å². The molecule has 2 aromatic rings. The molecule has 0 bridgehead atoms. The minimum Gasteiger partial charge on any atom is -0.466 e. The van der Waals surface area contributed by atoms with E-state index < -0.39 is 6.04 Å². The molecule has 0 unspecified atom stereocenters. The van der Waals surface area contributed by atoms with Gasteiger partial charge in [-0.3, -0.25) is 14.4 Å². The first-order chi connectivity index (χ1) is 13.3. The van der Waals surface area contributed by atoms with Crippen LogP contribution in [0.5, 0.6) is 0 Å². The summed E-state index contributed by atoms with van der Waals surface area (Å²) in [6.07, 6.45) is 0.0536. The van der Waals surface area contributed by atoms with Gasteiger partial charge in [-0.25, -0.2) is 4.98 Å². The fraction of sp³-hybridized carbons (Fsp3) is 0.400. The first-order valence-electron chi connectivity index (χ1n) is 9.08. The van der Waals surface area contributed by atoms with Crippen LogP contribution < -0.4 is 10.6 Å². The number of rotatable bonds is 8. The molecule has 0 saturated carbocycles. The molecule has 0 fully saturated rings. The lowest BCUT2D eigenvalue weighted by molar-refractivity contribution is -0.142. The fourth-order valence-electron chi connectivity index (χ4n) is 2.45. The summed E-state index contributed by atoms with van der Waals surface area (Å²) in [5.74, 6) is -1.15. The van der Waals surface area contributed by atoms with Crippen molar-refractivity contribution >= 4 is 34.3 Å². The molecule has 1 aromatic heterocycles. The number of hydrogen-bond donors (Lipinski definition) is 2. The van der Waals surface area contributed by atoms with E-state index in [1.165, 1.54) is 11.3 Å². The minimum atomic E-state index is -0.716. The highest BCUT2D eigenvalue weighted by molar-refractivity contribution is 7.13. The lowest BCUT2D eigenvalue weighted by Gasteiger charge is -2.21. The fourth-order valence-corrected chi connectivity index (χ4v) is 3.17. The molecule has 2 amide bonds. The van der Waals surface area contributed by atoms with E-state index in [1.54, 1.807) is 24.4 Å². The van der Waals surface area contributed by atoms with Gasteiger partial charge in [0.05, 0.1) is 18.7 Å². The third kappa shape index (κ3) is 6.16. The van der Waals surface area contributed by atoms with Gasteiger partial charge in [-0.2, -0.15) is 0 Å². The summed E-state index contributed by atoms with van der Waals surface area (Å²) >= 11 is 1.22. The van der Waals surface area contributed by atoms with E-state index in [2.05, 4.69) is 15.6 Å². The summed E-state index contributed by atoms with van der Waals surface area (Å²) < 4.78 is 4.89. The van der Waals surface area contributed by atoms with Crippen molar-refractivity contribution in [3.05, 3.63) is 46.5 Å². The summed E-state index contributed by atoms with van der Waals surface area (Å²) in [5.41, 5.74) is 2.08. The smallest absolute Gasteiger partial charge is 0.311 e. The average Bonchev–Trinajstić information content (AvgIpc) is 3.06. The van der Waals surface area contributed by atoms with Gasteiger partial charge in [0.25, 0.3) is 5.91 Å². The normalized spacial score (nSPS) is 11.8. The quantitative estimate of drug-likeness (QED) is 0.661. The first kappa shape index (κ1) is 21.6.